The number of nitrogens with zero attached hydrogens (tertiary/aromatic N) is 2. The number of hydrogen-bond acceptors (Lipinski definition) is 4. The van der Waals surface area contributed by atoms with Gasteiger partial charge >= 0.3 is 6.18 Å². The molecule has 2 aromatic rings. The van der Waals surface area contributed by atoms with Gasteiger partial charge in [0.2, 0.25) is 0 Å². The number of phenols is 1. The number of hydrazone groups is 1. The molecule has 0 atom stereocenters. The smallest absolute Gasteiger partial charge is 0.417 e. The van der Waals surface area contributed by atoms with E-state index in [-0.39, 0.29) is 17.1 Å². The van der Waals surface area contributed by atoms with Crippen molar-refractivity contribution < 1.29 is 22.7 Å². The zero-order valence-electron chi connectivity index (χ0n) is 12.0. The molecule has 0 saturated carbocycles. The normalized spacial score (nSPS) is 12.3. The van der Waals surface area contributed by atoms with Crippen LogP contribution in [0.3, 0.4) is 0 Å². The molecule has 4 nitrogen and oxygen atoms in total. The van der Waals surface area contributed by atoms with E-state index in [4.69, 9.17) is 0 Å². The van der Waals surface area contributed by atoms with Crippen molar-refractivity contribution in [1.29, 1.82) is 0 Å². The van der Waals surface area contributed by atoms with Gasteiger partial charge in [0, 0.05) is 11.8 Å². The van der Waals surface area contributed by atoms with Crippen LogP contribution in [0.2, 0.25) is 0 Å². The summed E-state index contributed by atoms with van der Waals surface area (Å²) in [6.07, 6.45) is -3.41. The van der Waals surface area contributed by atoms with Gasteiger partial charge in [-0.25, -0.2) is 9.37 Å². The summed E-state index contributed by atoms with van der Waals surface area (Å²) in [5.41, 5.74) is 2.16. The van der Waals surface area contributed by atoms with Crippen LogP contribution >= 0.6 is 0 Å². The molecule has 8 heteroatoms. The Balaban J connectivity index is 2.21. The quantitative estimate of drug-likeness (QED) is 0.503. The second-order valence-corrected chi connectivity index (χ2v) is 4.62. The Morgan fingerprint density at radius 2 is 2.00 bits per heavy atom. The van der Waals surface area contributed by atoms with Crippen LogP contribution in [-0.4, -0.2) is 15.8 Å². The summed E-state index contributed by atoms with van der Waals surface area (Å²) >= 11 is 0. The van der Waals surface area contributed by atoms with Crippen LogP contribution in [0, 0.1) is 5.82 Å². The SMILES string of the molecule is CCC(=NNc1ccc(C(F)(F)F)cn1)c1cc(F)ccc1O. The van der Waals surface area contributed by atoms with E-state index in [9.17, 15) is 22.7 Å². The van der Waals surface area contributed by atoms with E-state index in [1.807, 2.05) is 0 Å². The Labute approximate surface area is 129 Å². The maximum Gasteiger partial charge on any atom is 0.417 e. The number of pyridine rings is 1. The summed E-state index contributed by atoms with van der Waals surface area (Å²) in [6, 6.07) is 5.43. The van der Waals surface area contributed by atoms with Crippen LogP contribution in [0.1, 0.15) is 24.5 Å². The van der Waals surface area contributed by atoms with Gasteiger partial charge < -0.3 is 5.11 Å². The Kier molecular flexibility index (Phi) is 4.83. The van der Waals surface area contributed by atoms with Crippen molar-refractivity contribution in [2.45, 2.75) is 19.5 Å². The van der Waals surface area contributed by atoms with Crippen LogP contribution in [0.25, 0.3) is 0 Å². The number of aromatic hydroxyl groups is 1. The van der Waals surface area contributed by atoms with Gasteiger partial charge in [-0.15, -0.1) is 0 Å². The van der Waals surface area contributed by atoms with Crippen molar-refractivity contribution in [2.75, 3.05) is 5.43 Å². The van der Waals surface area contributed by atoms with E-state index in [0.717, 1.165) is 24.3 Å². The van der Waals surface area contributed by atoms with Crippen LogP contribution in [0.15, 0.2) is 41.6 Å². The van der Waals surface area contributed by atoms with Gasteiger partial charge in [0.25, 0.3) is 0 Å². The fraction of sp³-hybridized carbons (Fsp3) is 0.200. The summed E-state index contributed by atoms with van der Waals surface area (Å²) in [7, 11) is 0. The molecule has 0 bridgehead atoms. The molecule has 0 radical (unpaired) electrons. The number of rotatable bonds is 4. The first-order valence-electron chi connectivity index (χ1n) is 6.66. The molecule has 0 aliphatic heterocycles. The van der Waals surface area contributed by atoms with Crippen LogP contribution in [0.4, 0.5) is 23.4 Å². The number of nitrogens with one attached hydrogen (secondary N) is 1. The van der Waals surface area contributed by atoms with E-state index < -0.39 is 17.6 Å². The van der Waals surface area contributed by atoms with Crippen molar-refractivity contribution >= 4 is 11.5 Å². The molecule has 122 valence electrons. The number of benzene rings is 1. The summed E-state index contributed by atoms with van der Waals surface area (Å²) < 4.78 is 50.6. The number of halogens is 4. The zero-order valence-corrected chi connectivity index (χ0v) is 12.0. The molecule has 23 heavy (non-hydrogen) atoms. The highest BCUT2D eigenvalue weighted by Crippen LogP contribution is 2.29. The lowest BCUT2D eigenvalue weighted by Crippen LogP contribution is -2.07. The first-order chi connectivity index (χ1) is 10.8. The topological polar surface area (TPSA) is 57.5 Å². The Morgan fingerprint density at radius 1 is 1.26 bits per heavy atom. The lowest BCUT2D eigenvalue weighted by molar-refractivity contribution is -0.137. The summed E-state index contributed by atoms with van der Waals surface area (Å²) in [5, 5.41) is 13.7. The monoisotopic (exact) mass is 327 g/mol. The maximum atomic E-state index is 13.3. The highest BCUT2D eigenvalue weighted by atomic mass is 19.4. The zero-order chi connectivity index (χ0) is 17.0. The molecule has 0 fully saturated rings. The third-order valence-electron chi connectivity index (χ3n) is 3.00. The largest absolute Gasteiger partial charge is 0.507 e. The van der Waals surface area contributed by atoms with Crippen molar-refractivity contribution in [2.24, 2.45) is 5.10 Å². The third kappa shape index (κ3) is 4.18. The molecule has 2 N–H and O–H groups in total. The van der Waals surface area contributed by atoms with Gasteiger partial charge in [-0.2, -0.15) is 18.3 Å². The number of phenolic OH excluding ortho intramolecular Hbond substituents is 1. The third-order valence-corrected chi connectivity index (χ3v) is 3.00. The van der Waals surface area contributed by atoms with Gasteiger partial charge in [-0.1, -0.05) is 6.92 Å². The van der Waals surface area contributed by atoms with Gasteiger partial charge in [-0.3, -0.25) is 5.43 Å². The first-order valence-corrected chi connectivity index (χ1v) is 6.66. The lowest BCUT2D eigenvalue weighted by Gasteiger charge is -2.09. The van der Waals surface area contributed by atoms with Gasteiger partial charge in [0.05, 0.1) is 11.3 Å². The Bertz CT molecular complexity index is 712. The molecule has 0 saturated heterocycles. The Morgan fingerprint density at radius 3 is 2.57 bits per heavy atom. The Hall–Kier alpha value is -2.64. The second kappa shape index (κ2) is 6.64. The fourth-order valence-electron chi connectivity index (χ4n) is 1.82. The summed E-state index contributed by atoms with van der Waals surface area (Å²) in [5.74, 6) is -0.583. The standard InChI is InChI=1S/C15H13F4N3O/c1-2-12(11-7-10(16)4-5-13(11)23)21-22-14-6-3-9(8-20-14)15(17,18)19/h3-8,23H,2H2,1H3,(H,20,22). The average Bonchev–Trinajstić information content (AvgIpc) is 2.50. The van der Waals surface area contributed by atoms with Gasteiger partial charge in [-0.05, 0) is 36.8 Å². The summed E-state index contributed by atoms with van der Waals surface area (Å²) in [4.78, 5) is 3.61. The molecule has 0 aliphatic carbocycles. The van der Waals surface area contributed by atoms with Crippen molar-refractivity contribution in [1.82, 2.24) is 4.98 Å². The van der Waals surface area contributed by atoms with E-state index in [1.54, 1.807) is 6.92 Å². The molecule has 0 amide bonds. The number of aromatic nitrogens is 1. The predicted octanol–water partition coefficient (Wildman–Crippen LogP) is 4.17. The molecule has 2 rings (SSSR count). The molecule has 0 spiro atoms. The predicted molar refractivity (Wildman–Crippen MR) is 77.8 cm³/mol. The number of hydrogen-bond donors (Lipinski definition) is 2. The first kappa shape index (κ1) is 16.7. The van der Waals surface area contributed by atoms with Crippen molar-refractivity contribution in [3.05, 3.63) is 53.5 Å². The molecule has 1 aromatic heterocycles. The minimum atomic E-state index is -4.46. The number of anilines is 1. The molecule has 0 unspecified atom stereocenters. The molecule has 1 heterocycles. The van der Waals surface area contributed by atoms with Crippen molar-refractivity contribution in [3.8, 4) is 5.75 Å². The molecular weight excluding hydrogens is 314 g/mol. The van der Waals surface area contributed by atoms with E-state index in [2.05, 4.69) is 15.5 Å². The molecule has 0 aliphatic rings. The highest BCUT2D eigenvalue weighted by Gasteiger charge is 2.30. The lowest BCUT2D eigenvalue weighted by atomic mass is 10.1. The average molecular weight is 327 g/mol. The van der Waals surface area contributed by atoms with E-state index in [0.29, 0.717) is 18.3 Å². The van der Waals surface area contributed by atoms with Crippen LogP contribution in [0.5, 0.6) is 5.75 Å². The van der Waals surface area contributed by atoms with E-state index in [1.165, 1.54) is 6.07 Å². The van der Waals surface area contributed by atoms with Crippen LogP contribution < -0.4 is 5.43 Å². The van der Waals surface area contributed by atoms with Crippen LogP contribution in [-0.2, 0) is 6.18 Å². The minimum absolute atomic E-state index is 0.0971. The van der Waals surface area contributed by atoms with Gasteiger partial charge in [0.15, 0.2) is 0 Å². The minimum Gasteiger partial charge on any atom is -0.507 e. The van der Waals surface area contributed by atoms with E-state index >= 15 is 0 Å². The summed E-state index contributed by atoms with van der Waals surface area (Å²) in [6.45, 7) is 1.74. The van der Waals surface area contributed by atoms with Crippen molar-refractivity contribution in [3.63, 3.8) is 0 Å². The maximum absolute atomic E-state index is 13.3. The highest BCUT2D eigenvalue weighted by molar-refractivity contribution is 6.02. The number of alkyl halides is 3. The van der Waals surface area contributed by atoms with Gasteiger partial charge in [0.1, 0.15) is 17.4 Å². The fourth-order valence-corrected chi connectivity index (χ4v) is 1.82. The molecular formula is C15H13F4N3O. The molecule has 1 aromatic carbocycles. The second-order valence-electron chi connectivity index (χ2n) is 4.62.